The minimum absolute atomic E-state index is 0.0135. The van der Waals surface area contributed by atoms with Gasteiger partial charge in [-0.15, -0.1) is 0 Å². The zero-order valence-corrected chi connectivity index (χ0v) is 12.7. The molecule has 0 aromatic heterocycles. The standard InChI is InChI=1S/C14H26N2O3/c1-7-9-11(8-2)16-12(17)10(3)15-13(18)19-14(4,5)6/h7,9-11H,8H2,1-6H3,(H,15,18)(H,16,17)/b9-7+/t10-,11-/m0/s1. The number of hydrogen-bond donors (Lipinski definition) is 2. The lowest BCUT2D eigenvalue weighted by atomic mass is 10.2. The zero-order chi connectivity index (χ0) is 15.1. The summed E-state index contributed by atoms with van der Waals surface area (Å²) in [7, 11) is 0. The predicted molar refractivity (Wildman–Crippen MR) is 75.9 cm³/mol. The van der Waals surface area contributed by atoms with E-state index >= 15 is 0 Å². The van der Waals surface area contributed by atoms with Crippen LogP contribution in [0.4, 0.5) is 4.79 Å². The molecule has 110 valence electrons. The van der Waals surface area contributed by atoms with Gasteiger partial charge in [0, 0.05) is 6.04 Å². The fourth-order valence-corrected chi connectivity index (χ4v) is 1.38. The third-order valence-corrected chi connectivity index (χ3v) is 2.32. The molecule has 2 atom stereocenters. The number of amides is 2. The minimum Gasteiger partial charge on any atom is -0.444 e. The average Bonchev–Trinajstić information content (AvgIpc) is 2.25. The smallest absolute Gasteiger partial charge is 0.408 e. The maximum Gasteiger partial charge on any atom is 0.408 e. The number of allylic oxidation sites excluding steroid dienone is 1. The lowest BCUT2D eigenvalue weighted by Crippen LogP contribution is -2.48. The fraction of sp³-hybridized carbons (Fsp3) is 0.714. The molecule has 0 saturated heterocycles. The third kappa shape index (κ3) is 8.24. The first kappa shape index (κ1) is 17.5. The quantitative estimate of drug-likeness (QED) is 0.754. The molecule has 0 saturated carbocycles. The molecule has 5 heteroatoms. The summed E-state index contributed by atoms with van der Waals surface area (Å²) in [6.45, 7) is 10.8. The van der Waals surface area contributed by atoms with Gasteiger partial charge in [-0.05, 0) is 41.0 Å². The Kier molecular flexibility index (Phi) is 7.19. The van der Waals surface area contributed by atoms with Crippen molar-refractivity contribution in [2.24, 2.45) is 0 Å². The molecule has 0 aliphatic heterocycles. The Hall–Kier alpha value is -1.52. The molecule has 0 aromatic rings. The first-order valence-corrected chi connectivity index (χ1v) is 6.62. The van der Waals surface area contributed by atoms with E-state index in [2.05, 4.69) is 10.6 Å². The number of nitrogens with one attached hydrogen (secondary N) is 2. The Labute approximate surface area is 115 Å². The van der Waals surface area contributed by atoms with Crippen molar-refractivity contribution in [2.75, 3.05) is 0 Å². The summed E-state index contributed by atoms with van der Waals surface area (Å²) in [6.07, 6.45) is 4.02. The van der Waals surface area contributed by atoms with E-state index < -0.39 is 17.7 Å². The zero-order valence-electron chi connectivity index (χ0n) is 12.7. The predicted octanol–water partition coefficient (Wildman–Crippen LogP) is 2.37. The maximum atomic E-state index is 11.9. The van der Waals surface area contributed by atoms with Gasteiger partial charge in [0.05, 0.1) is 0 Å². The molecular formula is C14H26N2O3. The van der Waals surface area contributed by atoms with Crippen molar-refractivity contribution in [3.63, 3.8) is 0 Å². The Bertz CT molecular complexity index is 332. The van der Waals surface area contributed by atoms with E-state index in [0.717, 1.165) is 6.42 Å². The van der Waals surface area contributed by atoms with E-state index in [0.29, 0.717) is 0 Å². The Morgan fingerprint density at radius 3 is 2.26 bits per heavy atom. The van der Waals surface area contributed by atoms with Crippen LogP contribution in [0.5, 0.6) is 0 Å². The van der Waals surface area contributed by atoms with Gasteiger partial charge in [-0.25, -0.2) is 4.79 Å². The Balaban J connectivity index is 4.30. The Morgan fingerprint density at radius 2 is 1.84 bits per heavy atom. The number of alkyl carbamates (subject to hydrolysis) is 1. The summed E-state index contributed by atoms with van der Waals surface area (Å²) >= 11 is 0. The van der Waals surface area contributed by atoms with Crippen molar-refractivity contribution in [1.82, 2.24) is 10.6 Å². The first-order valence-electron chi connectivity index (χ1n) is 6.62. The fourth-order valence-electron chi connectivity index (χ4n) is 1.38. The molecule has 0 aliphatic rings. The van der Waals surface area contributed by atoms with Crippen LogP contribution in [0.1, 0.15) is 48.0 Å². The number of rotatable bonds is 5. The normalized spacial score (nSPS) is 14.8. The highest BCUT2D eigenvalue weighted by atomic mass is 16.6. The summed E-state index contributed by atoms with van der Waals surface area (Å²) in [6, 6.07) is -0.644. The van der Waals surface area contributed by atoms with Gasteiger partial charge in [-0.2, -0.15) is 0 Å². The second-order valence-corrected chi connectivity index (χ2v) is 5.42. The van der Waals surface area contributed by atoms with Crippen molar-refractivity contribution < 1.29 is 14.3 Å². The summed E-state index contributed by atoms with van der Waals surface area (Å²) in [5.74, 6) is -0.226. The minimum atomic E-state index is -0.630. The lowest BCUT2D eigenvalue weighted by molar-refractivity contribution is -0.123. The van der Waals surface area contributed by atoms with Crippen molar-refractivity contribution >= 4 is 12.0 Å². The van der Waals surface area contributed by atoms with Crippen LogP contribution in [0.3, 0.4) is 0 Å². The molecule has 0 bridgehead atoms. The monoisotopic (exact) mass is 270 g/mol. The van der Waals surface area contributed by atoms with Gasteiger partial charge >= 0.3 is 6.09 Å². The number of carbonyl (C=O) groups is 2. The van der Waals surface area contributed by atoms with Gasteiger partial charge in [-0.3, -0.25) is 4.79 Å². The van der Waals surface area contributed by atoms with Gasteiger partial charge in [0.15, 0.2) is 0 Å². The average molecular weight is 270 g/mol. The van der Waals surface area contributed by atoms with E-state index in [1.807, 2.05) is 26.0 Å². The van der Waals surface area contributed by atoms with Crippen LogP contribution >= 0.6 is 0 Å². The summed E-state index contributed by atoms with van der Waals surface area (Å²) in [5.41, 5.74) is -0.572. The van der Waals surface area contributed by atoms with E-state index in [9.17, 15) is 9.59 Å². The van der Waals surface area contributed by atoms with Crippen molar-refractivity contribution in [2.45, 2.75) is 65.6 Å². The van der Waals surface area contributed by atoms with Gasteiger partial charge < -0.3 is 15.4 Å². The van der Waals surface area contributed by atoms with Crippen LogP contribution in [0.2, 0.25) is 0 Å². The molecule has 0 fully saturated rings. The highest BCUT2D eigenvalue weighted by Crippen LogP contribution is 2.06. The molecule has 2 N–H and O–H groups in total. The van der Waals surface area contributed by atoms with Gasteiger partial charge in [0.2, 0.25) is 5.91 Å². The van der Waals surface area contributed by atoms with Crippen LogP contribution in [0.25, 0.3) is 0 Å². The number of ether oxygens (including phenoxy) is 1. The summed E-state index contributed by atoms with van der Waals surface area (Å²) in [4.78, 5) is 23.4. The lowest BCUT2D eigenvalue weighted by Gasteiger charge is -2.22. The van der Waals surface area contributed by atoms with Crippen LogP contribution in [0.15, 0.2) is 12.2 Å². The van der Waals surface area contributed by atoms with Crippen LogP contribution in [-0.2, 0) is 9.53 Å². The van der Waals surface area contributed by atoms with E-state index in [-0.39, 0.29) is 11.9 Å². The van der Waals surface area contributed by atoms with Crippen LogP contribution in [0, 0.1) is 0 Å². The molecular weight excluding hydrogens is 244 g/mol. The molecule has 5 nitrogen and oxygen atoms in total. The number of hydrogen-bond acceptors (Lipinski definition) is 3. The molecule has 0 aliphatic carbocycles. The molecule has 0 heterocycles. The first-order chi connectivity index (χ1) is 8.69. The molecule has 0 unspecified atom stereocenters. The van der Waals surface area contributed by atoms with Crippen LogP contribution in [-0.4, -0.2) is 29.7 Å². The largest absolute Gasteiger partial charge is 0.444 e. The van der Waals surface area contributed by atoms with Crippen molar-refractivity contribution in [3.8, 4) is 0 Å². The molecule has 19 heavy (non-hydrogen) atoms. The second-order valence-electron chi connectivity index (χ2n) is 5.42. The SMILES string of the molecule is C/C=C/[C@H](CC)NC(=O)[C@H](C)NC(=O)OC(C)(C)C. The van der Waals surface area contributed by atoms with Crippen molar-refractivity contribution in [1.29, 1.82) is 0 Å². The second kappa shape index (κ2) is 7.81. The third-order valence-electron chi connectivity index (χ3n) is 2.32. The topological polar surface area (TPSA) is 67.4 Å². The van der Waals surface area contributed by atoms with Gasteiger partial charge in [0.1, 0.15) is 11.6 Å². The molecule has 2 amide bonds. The van der Waals surface area contributed by atoms with Crippen LogP contribution < -0.4 is 10.6 Å². The summed E-state index contributed by atoms with van der Waals surface area (Å²) in [5, 5.41) is 5.35. The number of carbonyl (C=O) groups excluding carboxylic acids is 2. The maximum absolute atomic E-state index is 11.9. The Morgan fingerprint density at radius 1 is 1.26 bits per heavy atom. The molecule has 0 radical (unpaired) electrons. The molecule has 0 spiro atoms. The van der Waals surface area contributed by atoms with Gasteiger partial charge in [-0.1, -0.05) is 19.1 Å². The van der Waals surface area contributed by atoms with E-state index in [4.69, 9.17) is 4.74 Å². The van der Waals surface area contributed by atoms with E-state index in [1.54, 1.807) is 27.7 Å². The molecule has 0 rings (SSSR count). The summed E-state index contributed by atoms with van der Waals surface area (Å²) < 4.78 is 5.09. The highest BCUT2D eigenvalue weighted by molar-refractivity contribution is 5.85. The van der Waals surface area contributed by atoms with Gasteiger partial charge in [0.25, 0.3) is 0 Å². The molecule has 0 aromatic carbocycles. The van der Waals surface area contributed by atoms with E-state index in [1.165, 1.54) is 0 Å². The van der Waals surface area contributed by atoms with Crippen molar-refractivity contribution in [3.05, 3.63) is 12.2 Å². The highest BCUT2D eigenvalue weighted by Gasteiger charge is 2.21.